The SMILES string of the molecule is CC1(C(N)=O)CCN(C(=O)NC2CCCC2(C)C(=O)O)C1. The normalized spacial score (nSPS) is 35.7. The first-order valence-electron chi connectivity index (χ1n) is 7.28. The van der Waals surface area contributed by atoms with Crippen LogP contribution >= 0.6 is 0 Å². The van der Waals surface area contributed by atoms with Crippen molar-refractivity contribution >= 4 is 17.9 Å². The number of amides is 3. The number of rotatable bonds is 3. The van der Waals surface area contributed by atoms with Crippen molar-refractivity contribution in [1.82, 2.24) is 10.2 Å². The molecule has 1 saturated carbocycles. The van der Waals surface area contributed by atoms with Gasteiger partial charge in [0.05, 0.1) is 10.8 Å². The smallest absolute Gasteiger partial charge is 0.317 e. The average molecular weight is 297 g/mol. The summed E-state index contributed by atoms with van der Waals surface area (Å²) < 4.78 is 0. The van der Waals surface area contributed by atoms with Crippen LogP contribution in [-0.4, -0.2) is 47.0 Å². The van der Waals surface area contributed by atoms with Crippen LogP contribution in [0.3, 0.4) is 0 Å². The third kappa shape index (κ3) is 2.69. The molecule has 0 bridgehead atoms. The summed E-state index contributed by atoms with van der Waals surface area (Å²) in [4.78, 5) is 36.7. The maximum atomic E-state index is 12.3. The summed E-state index contributed by atoms with van der Waals surface area (Å²) in [5, 5.41) is 12.2. The van der Waals surface area contributed by atoms with Crippen LogP contribution in [0.2, 0.25) is 0 Å². The van der Waals surface area contributed by atoms with E-state index in [1.807, 2.05) is 0 Å². The van der Waals surface area contributed by atoms with Crippen molar-refractivity contribution in [1.29, 1.82) is 0 Å². The van der Waals surface area contributed by atoms with E-state index in [0.29, 0.717) is 25.8 Å². The maximum Gasteiger partial charge on any atom is 0.317 e. The third-order valence-electron chi connectivity index (χ3n) is 5.10. The second kappa shape index (κ2) is 5.20. The lowest BCUT2D eigenvalue weighted by atomic mass is 9.85. The summed E-state index contributed by atoms with van der Waals surface area (Å²) in [5.74, 6) is -1.29. The van der Waals surface area contributed by atoms with E-state index in [1.54, 1.807) is 18.7 Å². The molecule has 4 N–H and O–H groups in total. The molecule has 0 radical (unpaired) electrons. The summed E-state index contributed by atoms with van der Waals surface area (Å²) in [6.07, 6.45) is 2.55. The topological polar surface area (TPSA) is 113 Å². The number of nitrogens with one attached hydrogen (secondary N) is 1. The highest BCUT2D eigenvalue weighted by molar-refractivity contribution is 5.84. The van der Waals surface area contributed by atoms with Crippen LogP contribution in [0.1, 0.15) is 39.5 Å². The van der Waals surface area contributed by atoms with E-state index in [9.17, 15) is 19.5 Å². The fourth-order valence-electron chi connectivity index (χ4n) is 3.23. The third-order valence-corrected chi connectivity index (χ3v) is 5.10. The number of primary amides is 1. The molecular weight excluding hydrogens is 274 g/mol. The predicted molar refractivity (Wildman–Crippen MR) is 75.4 cm³/mol. The molecule has 3 unspecified atom stereocenters. The molecule has 21 heavy (non-hydrogen) atoms. The first-order valence-corrected chi connectivity index (χ1v) is 7.28. The predicted octanol–water partition coefficient (Wildman–Crippen LogP) is 0.537. The Morgan fingerprint density at radius 3 is 2.48 bits per heavy atom. The molecular formula is C14H23N3O4. The fourth-order valence-corrected chi connectivity index (χ4v) is 3.23. The van der Waals surface area contributed by atoms with Gasteiger partial charge in [-0.05, 0) is 33.1 Å². The largest absolute Gasteiger partial charge is 0.481 e. The second-order valence-corrected chi connectivity index (χ2v) is 6.71. The van der Waals surface area contributed by atoms with Crippen molar-refractivity contribution in [3.63, 3.8) is 0 Å². The number of carbonyl (C=O) groups excluding carboxylic acids is 2. The highest BCUT2D eigenvalue weighted by Crippen LogP contribution is 2.38. The van der Waals surface area contributed by atoms with Crippen molar-refractivity contribution in [2.75, 3.05) is 13.1 Å². The van der Waals surface area contributed by atoms with Crippen LogP contribution in [0.4, 0.5) is 4.79 Å². The van der Waals surface area contributed by atoms with E-state index in [0.717, 1.165) is 6.42 Å². The first kappa shape index (κ1) is 15.6. The Morgan fingerprint density at radius 2 is 1.95 bits per heavy atom. The number of carboxylic acids is 1. The number of carboxylic acid groups (broad SMARTS) is 1. The van der Waals surface area contributed by atoms with E-state index in [1.165, 1.54) is 0 Å². The average Bonchev–Trinajstić information content (AvgIpc) is 2.96. The van der Waals surface area contributed by atoms with Gasteiger partial charge in [-0.1, -0.05) is 6.42 Å². The zero-order chi connectivity index (χ0) is 15.8. The summed E-state index contributed by atoms with van der Waals surface area (Å²) in [5.41, 5.74) is 3.76. The Morgan fingerprint density at radius 1 is 1.29 bits per heavy atom. The van der Waals surface area contributed by atoms with Gasteiger partial charge in [-0.3, -0.25) is 9.59 Å². The Balaban J connectivity index is 2.00. The van der Waals surface area contributed by atoms with E-state index in [2.05, 4.69) is 5.32 Å². The van der Waals surface area contributed by atoms with Gasteiger partial charge in [0, 0.05) is 19.1 Å². The first-order chi connectivity index (χ1) is 9.69. The van der Waals surface area contributed by atoms with Gasteiger partial charge in [-0.15, -0.1) is 0 Å². The molecule has 7 nitrogen and oxygen atoms in total. The summed E-state index contributed by atoms with van der Waals surface area (Å²) >= 11 is 0. The molecule has 2 aliphatic rings. The standard InChI is InChI=1S/C14H23N3O4/c1-13(10(15)18)6-7-17(8-13)12(21)16-9-4-3-5-14(9,2)11(19)20/h9H,3-8H2,1-2H3,(H2,15,18)(H,16,21)(H,19,20). The Kier molecular flexibility index (Phi) is 3.86. The molecule has 0 aromatic carbocycles. The van der Waals surface area contributed by atoms with E-state index < -0.39 is 22.7 Å². The van der Waals surface area contributed by atoms with Crippen LogP contribution in [0.25, 0.3) is 0 Å². The number of likely N-dealkylation sites (tertiary alicyclic amines) is 1. The molecule has 0 spiro atoms. The molecule has 118 valence electrons. The lowest BCUT2D eigenvalue weighted by Crippen LogP contribution is -2.51. The monoisotopic (exact) mass is 297 g/mol. The summed E-state index contributed by atoms with van der Waals surface area (Å²) in [7, 11) is 0. The zero-order valence-electron chi connectivity index (χ0n) is 12.5. The van der Waals surface area contributed by atoms with E-state index in [4.69, 9.17) is 5.73 Å². The number of urea groups is 1. The van der Waals surface area contributed by atoms with Gasteiger partial charge < -0.3 is 21.1 Å². The van der Waals surface area contributed by atoms with Crippen LogP contribution in [0.5, 0.6) is 0 Å². The number of carbonyl (C=O) groups is 3. The van der Waals surface area contributed by atoms with Crippen molar-refractivity contribution in [3.8, 4) is 0 Å². The summed E-state index contributed by atoms with van der Waals surface area (Å²) in [6, 6.07) is -0.678. The Bertz CT molecular complexity index is 481. The molecule has 1 aliphatic carbocycles. The van der Waals surface area contributed by atoms with Crippen molar-refractivity contribution < 1.29 is 19.5 Å². The highest BCUT2D eigenvalue weighted by Gasteiger charge is 2.47. The lowest BCUT2D eigenvalue weighted by Gasteiger charge is -2.30. The Labute approximate surface area is 123 Å². The quantitative estimate of drug-likeness (QED) is 0.705. The minimum Gasteiger partial charge on any atom is -0.481 e. The highest BCUT2D eigenvalue weighted by atomic mass is 16.4. The molecule has 7 heteroatoms. The van der Waals surface area contributed by atoms with Gasteiger partial charge in [-0.2, -0.15) is 0 Å². The molecule has 1 aliphatic heterocycles. The van der Waals surface area contributed by atoms with Gasteiger partial charge in [0.1, 0.15) is 0 Å². The van der Waals surface area contributed by atoms with Gasteiger partial charge in [-0.25, -0.2) is 4.79 Å². The fraction of sp³-hybridized carbons (Fsp3) is 0.786. The molecule has 1 saturated heterocycles. The van der Waals surface area contributed by atoms with Gasteiger partial charge in [0.15, 0.2) is 0 Å². The van der Waals surface area contributed by atoms with Gasteiger partial charge >= 0.3 is 12.0 Å². The molecule has 2 fully saturated rings. The second-order valence-electron chi connectivity index (χ2n) is 6.71. The number of nitrogens with two attached hydrogens (primary N) is 1. The number of hydrogen-bond donors (Lipinski definition) is 3. The van der Waals surface area contributed by atoms with Gasteiger partial charge in [0.2, 0.25) is 5.91 Å². The molecule has 1 heterocycles. The van der Waals surface area contributed by atoms with Crippen LogP contribution in [0.15, 0.2) is 0 Å². The Hall–Kier alpha value is -1.79. The van der Waals surface area contributed by atoms with E-state index in [-0.39, 0.29) is 18.6 Å². The lowest BCUT2D eigenvalue weighted by molar-refractivity contribution is -0.148. The van der Waals surface area contributed by atoms with Crippen molar-refractivity contribution in [2.24, 2.45) is 16.6 Å². The van der Waals surface area contributed by atoms with Crippen LogP contribution in [0, 0.1) is 10.8 Å². The molecule has 0 aromatic rings. The molecule has 2 rings (SSSR count). The van der Waals surface area contributed by atoms with Gasteiger partial charge in [0.25, 0.3) is 0 Å². The number of aliphatic carboxylic acids is 1. The molecule has 3 atom stereocenters. The molecule has 3 amide bonds. The van der Waals surface area contributed by atoms with E-state index >= 15 is 0 Å². The summed E-state index contributed by atoms with van der Waals surface area (Å²) in [6.45, 7) is 4.16. The van der Waals surface area contributed by atoms with Crippen LogP contribution < -0.4 is 11.1 Å². The molecule has 0 aromatic heterocycles. The van der Waals surface area contributed by atoms with Crippen molar-refractivity contribution in [2.45, 2.75) is 45.6 Å². The van der Waals surface area contributed by atoms with Crippen molar-refractivity contribution in [3.05, 3.63) is 0 Å². The maximum absolute atomic E-state index is 12.3. The minimum atomic E-state index is -0.914. The number of nitrogens with zero attached hydrogens (tertiary/aromatic N) is 1. The zero-order valence-corrected chi connectivity index (χ0v) is 12.5. The minimum absolute atomic E-state index is 0.282. The number of hydrogen-bond acceptors (Lipinski definition) is 3. The van der Waals surface area contributed by atoms with Crippen LogP contribution in [-0.2, 0) is 9.59 Å².